The van der Waals surface area contributed by atoms with Crippen LogP contribution in [0.1, 0.15) is 21.8 Å². The minimum Gasteiger partial charge on any atom is -0.355 e. The van der Waals surface area contributed by atoms with Gasteiger partial charge in [0.25, 0.3) is 5.91 Å². The summed E-state index contributed by atoms with van der Waals surface area (Å²) in [6.07, 6.45) is 0. The first kappa shape index (κ1) is 19.6. The van der Waals surface area contributed by atoms with Crippen molar-refractivity contribution in [2.24, 2.45) is 0 Å². The maximum absolute atomic E-state index is 12.1. The van der Waals surface area contributed by atoms with Crippen molar-refractivity contribution in [2.45, 2.75) is 12.7 Å². The number of nitrogens with zero attached hydrogens (tertiary/aromatic N) is 2. The number of rotatable bonds is 7. The second-order valence-corrected chi connectivity index (χ2v) is 7.06. The molecular weight excluding hydrogens is 376 g/mol. The van der Waals surface area contributed by atoms with Crippen LogP contribution < -0.4 is 10.6 Å². The molecule has 1 heterocycles. The lowest BCUT2D eigenvalue weighted by Crippen LogP contribution is -2.19. The van der Waals surface area contributed by atoms with Crippen LogP contribution in [0.3, 0.4) is 0 Å². The van der Waals surface area contributed by atoms with Gasteiger partial charge in [-0.25, -0.2) is 0 Å². The molecule has 0 saturated heterocycles. The first-order chi connectivity index (χ1) is 13.5. The van der Waals surface area contributed by atoms with E-state index in [9.17, 15) is 9.59 Å². The van der Waals surface area contributed by atoms with Crippen LogP contribution in [0.15, 0.2) is 53.1 Å². The Morgan fingerprint density at radius 3 is 2.68 bits per heavy atom. The Morgan fingerprint density at radius 2 is 1.93 bits per heavy atom. The SMILES string of the molecule is CNC(=O)c1cccc(NC(=O)CSCc2nc(-c3ccc(C)cc3)no2)c1. The van der Waals surface area contributed by atoms with Crippen molar-refractivity contribution in [3.8, 4) is 11.4 Å². The molecule has 0 bridgehead atoms. The van der Waals surface area contributed by atoms with Gasteiger partial charge in [0.15, 0.2) is 0 Å². The van der Waals surface area contributed by atoms with Gasteiger partial charge in [0.05, 0.1) is 11.5 Å². The lowest BCUT2D eigenvalue weighted by molar-refractivity contribution is -0.113. The van der Waals surface area contributed by atoms with E-state index in [4.69, 9.17) is 4.52 Å². The van der Waals surface area contributed by atoms with Crippen LogP contribution in [0, 0.1) is 6.92 Å². The highest BCUT2D eigenvalue weighted by Gasteiger charge is 2.11. The Morgan fingerprint density at radius 1 is 1.14 bits per heavy atom. The van der Waals surface area contributed by atoms with Crippen molar-refractivity contribution in [3.63, 3.8) is 0 Å². The number of aromatic nitrogens is 2. The lowest BCUT2D eigenvalue weighted by atomic mass is 10.1. The summed E-state index contributed by atoms with van der Waals surface area (Å²) in [4.78, 5) is 28.1. The summed E-state index contributed by atoms with van der Waals surface area (Å²) >= 11 is 1.37. The summed E-state index contributed by atoms with van der Waals surface area (Å²) in [6.45, 7) is 2.02. The molecule has 0 saturated carbocycles. The molecule has 0 spiro atoms. The highest BCUT2D eigenvalue weighted by molar-refractivity contribution is 7.99. The average Bonchev–Trinajstić information content (AvgIpc) is 3.17. The van der Waals surface area contributed by atoms with Crippen LogP contribution in [-0.4, -0.2) is 34.8 Å². The quantitative estimate of drug-likeness (QED) is 0.636. The van der Waals surface area contributed by atoms with Crippen molar-refractivity contribution >= 4 is 29.3 Å². The molecule has 0 aliphatic heterocycles. The highest BCUT2D eigenvalue weighted by Crippen LogP contribution is 2.19. The topological polar surface area (TPSA) is 97.1 Å². The monoisotopic (exact) mass is 396 g/mol. The third-order valence-electron chi connectivity index (χ3n) is 3.87. The number of carbonyl (C=O) groups is 2. The molecule has 0 aliphatic carbocycles. The first-order valence-electron chi connectivity index (χ1n) is 8.64. The van der Waals surface area contributed by atoms with Crippen molar-refractivity contribution in [1.29, 1.82) is 0 Å². The summed E-state index contributed by atoms with van der Waals surface area (Å²) in [5, 5.41) is 9.31. The molecule has 2 N–H and O–H groups in total. The average molecular weight is 396 g/mol. The van der Waals surface area contributed by atoms with Crippen molar-refractivity contribution in [2.75, 3.05) is 18.1 Å². The molecule has 7 nitrogen and oxygen atoms in total. The van der Waals surface area contributed by atoms with E-state index in [1.165, 1.54) is 11.8 Å². The van der Waals surface area contributed by atoms with E-state index >= 15 is 0 Å². The molecule has 2 aromatic carbocycles. The van der Waals surface area contributed by atoms with E-state index in [1.54, 1.807) is 31.3 Å². The summed E-state index contributed by atoms with van der Waals surface area (Å²) < 4.78 is 5.25. The van der Waals surface area contributed by atoms with Gasteiger partial charge in [-0.3, -0.25) is 9.59 Å². The Labute approximate surface area is 166 Å². The Bertz CT molecular complexity index is 970. The molecule has 2 amide bonds. The molecule has 28 heavy (non-hydrogen) atoms. The van der Waals surface area contributed by atoms with Gasteiger partial charge in [-0.15, -0.1) is 11.8 Å². The van der Waals surface area contributed by atoms with Crippen LogP contribution in [-0.2, 0) is 10.5 Å². The number of hydrogen-bond acceptors (Lipinski definition) is 6. The third kappa shape index (κ3) is 5.20. The number of thioether (sulfide) groups is 1. The zero-order valence-electron chi connectivity index (χ0n) is 15.6. The van der Waals surface area contributed by atoms with Gasteiger partial charge in [0.2, 0.25) is 17.6 Å². The highest BCUT2D eigenvalue weighted by atomic mass is 32.2. The number of aryl methyl sites for hydroxylation is 1. The van der Waals surface area contributed by atoms with Crippen LogP contribution in [0.5, 0.6) is 0 Å². The molecule has 0 radical (unpaired) electrons. The molecule has 3 rings (SSSR count). The first-order valence-corrected chi connectivity index (χ1v) is 9.80. The molecule has 144 valence electrons. The van der Waals surface area contributed by atoms with E-state index in [0.29, 0.717) is 28.7 Å². The number of hydrogen-bond donors (Lipinski definition) is 2. The predicted octanol–water partition coefficient (Wildman–Crippen LogP) is 3.28. The summed E-state index contributed by atoms with van der Waals surface area (Å²) in [5.74, 6) is 1.29. The number of anilines is 1. The van der Waals surface area contributed by atoms with Crippen molar-refractivity contribution in [1.82, 2.24) is 15.5 Å². The fourth-order valence-electron chi connectivity index (χ4n) is 2.44. The van der Waals surface area contributed by atoms with Crippen LogP contribution in [0.2, 0.25) is 0 Å². The Balaban J connectivity index is 1.49. The number of nitrogens with one attached hydrogen (secondary N) is 2. The number of amides is 2. The third-order valence-corrected chi connectivity index (χ3v) is 4.79. The summed E-state index contributed by atoms with van der Waals surface area (Å²) in [5.41, 5.74) is 3.11. The zero-order chi connectivity index (χ0) is 19.9. The molecule has 0 unspecified atom stereocenters. The van der Waals surface area contributed by atoms with E-state index in [-0.39, 0.29) is 17.6 Å². The Kier molecular flexibility index (Phi) is 6.44. The van der Waals surface area contributed by atoms with Crippen LogP contribution in [0.25, 0.3) is 11.4 Å². The van der Waals surface area contributed by atoms with E-state index in [2.05, 4.69) is 20.8 Å². The van der Waals surface area contributed by atoms with E-state index < -0.39 is 0 Å². The van der Waals surface area contributed by atoms with E-state index in [0.717, 1.165) is 11.1 Å². The van der Waals surface area contributed by atoms with Gasteiger partial charge >= 0.3 is 0 Å². The standard InChI is InChI=1S/C20H20N4O3S/c1-13-6-8-14(9-7-13)19-23-18(27-24-19)12-28-11-17(25)22-16-5-3-4-15(10-16)20(26)21-2/h3-10H,11-12H2,1-2H3,(H,21,26)(H,22,25). The van der Waals surface area contributed by atoms with Gasteiger partial charge in [-0.05, 0) is 25.1 Å². The molecule has 3 aromatic rings. The van der Waals surface area contributed by atoms with E-state index in [1.807, 2.05) is 31.2 Å². The van der Waals surface area contributed by atoms with Gasteiger partial charge < -0.3 is 15.2 Å². The molecule has 0 aliphatic rings. The lowest BCUT2D eigenvalue weighted by Gasteiger charge is -2.06. The molecule has 1 aromatic heterocycles. The van der Waals surface area contributed by atoms with Crippen LogP contribution >= 0.6 is 11.8 Å². The zero-order valence-corrected chi connectivity index (χ0v) is 16.4. The van der Waals surface area contributed by atoms with Gasteiger partial charge in [0.1, 0.15) is 0 Å². The molecular formula is C20H20N4O3S. The summed E-state index contributed by atoms with van der Waals surface area (Å²) in [7, 11) is 1.56. The molecule has 8 heteroatoms. The number of benzene rings is 2. The maximum atomic E-state index is 12.1. The molecule has 0 fully saturated rings. The predicted molar refractivity (Wildman–Crippen MR) is 109 cm³/mol. The summed E-state index contributed by atoms with van der Waals surface area (Å²) in [6, 6.07) is 14.6. The Hall–Kier alpha value is -3.13. The smallest absolute Gasteiger partial charge is 0.251 e. The fraction of sp³-hybridized carbons (Fsp3) is 0.200. The maximum Gasteiger partial charge on any atom is 0.251 e. The second kappa shape index (κ2) is 9.18. The minimum atomic E-state index is -0.203. The largest absolute Gasteiger partial charge is 0.355 e. The fourth-order valence-corrected chi connectivity index (χ4v) is 3.10. The number of carbonyl (C=O) groups excluding carboxylic acids is 2. The van der Waals surface area contributed by atoms with Crippen molar-refractivity contribution in [3.05, 3.63) is 65.5 Å². The minimum absolute atomic E-state index is 0.169. The second-order valence-electron chi connectivity index (χ2n) is 6.08. The van der Waals surface area contributed by atoms with Gasteiger partial charge in [-0.2, -0.15) is 4.98 Å². The normalized spacial score (nSPS) is 10.5. The van der Waals surface area contributed by atoms with Gasteiger partial charge in [0, 0.05) is 23.9 Å². The molecule has 0 atom stereocenters. The van der Waals surface area contributed by atoms with Gasteiger partial charge in [-0.1, -0.05) is 41.1 Å². The van der Waals surface area contributed by atoms with Crippen molar-refractivity contribution < 1.29 is 14.1 Å². The van der Waals surface area contributed by atoms with Crippen LogP contribution in [0.4, 0.5) is 5.69 Å².